The summed E-state index contributed by atoms with van der Waals surface area (Å²) in [5, 5.41) is 0. The molecule has 0 saturated heterocycles. The molecule has 1 aromatic heterocycles. The van der Waals surface area contributed by atoms with E-state index in [1.807, 2.05) is 0 Å². The maximum absolute atomic E-state index is 3.69. The van der Waals surface area contributed by atoms with Crippen molar-refractivity contribution in [3.05, 3.63) is 18.2 Å². The zero-order valence-corrected chi connectivity index (χ0v) is 24.7. The Morgan fingerprint density at radius 2 is 0.914 bits per heavy atom. The van der Waals surface area contributed by atoms with Crippen LogP contribution in [-0.2, 0) is 0 Å². The zero-order chi connectivity index (χ0) is 25.4. The Morgan fingerprint density at radius 3 is 1.37 bits per heavy atom. The predicted octanol–water partition coefficient (Wildman–Crippen LogP) is 11.4. The maximum atomic E-state index is 3.69. The van der Waals surface area contributed by atoms with Crippen molar-refractivity contribution < 1.29 is 4.57 Å². The van der Waals surface area contributed by atoms with Crippen LogP contribution in [-0.4, -0.2) is 4.98 Å². The molecule has 1 aromatic rings. The normalized spacial score (nSPS) is 13.4. The molecule has 0 bridgehead atoms. The molecule has 0 aliphatic rings. The Balaban J connectivity index is 2.38. The largest absolute Gasteiger partial charge is 0.257 e. The Bertz CT molecular complexity index is 549. The van der Waals surface area contributed by atoms with Crippen LogP contribution in [0.3, 0.4) is 0 Å². The summed E-state index contributed by atoms with van der Waals surface area (Å²) >= 11 is 0. The smallest absolute Gasteiger partial charge is 0.247 e. The number of imidazole rings is 1. The van der Waals surface area contributed by atoms with Crippen molar-refractivity contribution in [2.24, 2.45) is 0 Å². The highest BCUT2D eigenvalue weighted by molar-refractivity contribution is 4.90. The molecule has 2 unspecified atom stereocenters. The summed E-state index contributed by atoms with van der Waals surface area (Å²) < 4.78 is 2.60. The highest BCUT2D eigenvalue weighted by Crippen LogP contribution is 2.27. The maximum Gasteiger partial charge on any atom is 0.257 e. The molecule has 2 atom stereocenters. The highest BCUT2D eigenvalue weighted by Gasteiger charge is 2.25. The van der Waals surface area contributed by atoms with Crippen LogP contribution < -0.4 is 4.57 Å². The van der Waals surface area contributed by atoms with Crippen molar-refractivity contribution in [2.45, 2.75) is 194 Å². The minimum Gasteiger partial charge on any atom is -0.247 e. The van der Waals surface area contributed by atoms with E-state index in [1.54, 1.807) is 0 Å². The number of nitrogens with one attached hydrogen (secondary N) is 1. The van der Waals surface area contributed by atoms with Gasteiger partial charge in [0.25, 0.3) is 5.82 Å². The quantitative estimate of drug-likeness (QED) is 0.0985. The molecule has 0 aliphatic carbocycles. The number of rotatable bonds is 26. The number of nitrogens with zero attached hydrogens (tertiary/aromatic N) is 1. The Hall–Kier alpha value is -0.790. The summed E-state index contributed by atoms with van der Waals surface area (Å²) in [5.74, 6) is 2.23. The Labute approximate surface area is 221 Å². The van der Waals surface area contributed by atoms with Gasteiger partial charge in [-0.3, -0.25) is 0 Å². The molecule has 35 heavy (non-hydrogen) atoms. The third-order valence-electron chi connectivity index (χ3n) is 8.14. The van der Waals surface area contributed by atoms with Crippen molar-refractivity contribution >= 4 is 0 Å². The van der Waals surface area contributed by atoms with Crippen molar-refractivity contribution in [2.75, 3.05) is 0 Å². The highest BCUT2D eigenvalue weighted by atomic mass is 15.1. The van der Waals surface area contributed by atoms with Crippen LogP contribution in [0.5, 0.6) is 0 Å². The van der Waals surface area contributed by atoms with Crippen LogP contribution in [0, 0.1) is 0 Å². The van der Waals surface area contributed by atoms with Gasteiger partial charge in [0.2, 0.25) is 0 Å². The van der Waals surface area contributed by atoms with Gasteiger partial charge in [0.15, 0.2) is 0 Å². The van der Waals surface area contributed by atoms with Gasteiger partial charge in [-0.25, -0.2) is 9.55 Å². The molecule has 1 heterocycles. The topological polar surface area (TPSA) is 19.7 Å². The fourth-order valence-electron chi connectivity index (χ4n) is 5.72. The molecule has 0 amide bonds. The van der Waals surface area contributed by atoms with Gasteiger partial charge >= 0.3 is 0 Å². The van der Waals surface area contributed by atoms with Gasteiger partial charge in [-0.2, -0.15) is 0 Å². The summed E-state index contributed by atoms with van der Waals surface area (Å²) in [5.41, 5.74) is 0. The number of aromatic amines is 1. The summed E-state index contributed by atoms with van der Waals surface area (Å²) in [6.07, 6.45) is 38.3. The van der Waals surface area contributed by atoms with E-state index < -0.39 is 0 Å². The van der Waals surface area contributed by atoms with E-state index in [9.17, 15) is 0 Å². The van der Waals surface area contributed by atoms with Crippen LogP contribution in [0.25, 0.3) is 0 Å². The van der Waals surface area contributed by atoms with E-state index in [0.717, 1.165) is 0 Å². The molecule has 2 nitrogen and oxygen atoms in total. The number of H-pyrrole nitrogens is 1. The van der Waals surface area contributed by atoms with E-state index in [-0.39, 0.29) is 0 Å². The fourth-order valence-corrected chi connectivity index (χ4v) is 5.72. The third-order valence-corrected chi connectivity index (χ3v) is 8.14. The molecule has 0 fully saturated rings. The summed E-state index contributed by atoms with van der Waals surface area (Å²) in [6, 6.07) is 0.623. The van der Waals surface area contributed by atoms with Gasteiger partial charge in [0, 0.05) is 0 Å². The molecule has 206 valence electrons. The van der Waals surface area contributed by atoms with E-state index in [4.69, 9.17) is 0 Å². The van der Waals surface area contributed by atoms with Gasteiger partial charge in [0.05, 0.1) is 12.0 Å². The summed E-state index contributed by atoms with van der Waals surface area (Å²) in [7, 11) is 0. The molecular formula is C33H65N2+. The van der Waals surface area contributed by atoms with Crippen LogP contribution >= 0.6 is 0 Å². The lowest BCUT2D eigenvalue weighted by atomic mass is 9.93. The first-order valence-corrected chi connectivity index (χ1v) is 16.3. The molecule has 0 radical (unpaired) electrons. The first kappa shape index (κ1) is 32.2. The van der Waals surface area contributed by atoms with Crippen molar-refractivity contribution in [1.82, 2.24) is 4.98 Å². The Morgan fingerprint density at radius 1 is 0.543 bits per heavy atom. The number of hydrogen-bond acceptors (Lipinski definition) is 0. The van der Waals surface area contributed by atoms with Crippen molar-refractivity contribution in [3.8, 4) is 0 Å². The minimum absolute atomic E-state index is 0.623. The van der Waals surface area contributed by atoms with E-state index in [2.05, 4.69) is 49.6 Å². The molecule has 0 spiro atoms. The van der Waals surface area contributed by atoms with Crippen molar-refractivity contribution in [1.29, 1.82) is 0 Å². The molecule has 0 saturated carbocycles. The molecular weight excluding hydrogens is 424 g/mol. The fraction of sp³-hybridized carbons (Fsp3) is 0.909. The lowest BCUT2D eigenvalue weighted by Crippen LogP contribution is -2.41. The summed E-state index contributed by atoms with van der Waals surface area (Å²) in [6.45, 7) is 9.38. The van der Waals surface area contributed by atoms with Gasteiger partial charge in [-0.05, 0) is 32.6 Å². The van der Waals surface area contributed by atoms with Gasteiger partial charge in [-0.1, -0.05) is 149 Å². The van der Waals surface area contributed by atoms with Crippen LogP contribution in [0.4, 0.5) is 0 Å². The lowest BCUT2D eigenvalue weighted by Gasteiger charge is -2.17. The van der Waals surface area contributed by atoms with E-state index >= 15 is 0 Å². The molecule has 0 aromatic carbocycles. The second-order valence-corrected chi connectivity index (χ2v) is 11.5. The number of unbranched alkanes of at least 4 members (excludes halogenated alkanes) is 18. The zero-order valence-electron chi connectivity index (χ0n) is 24.7. The van der Waals surface area contributed by atoms with Gasteiger partial charge < -0.3 is 0 Å². The average molecular weight is 490 g/mol. The van der Waals surface area contributed by atoms with Gasteiger partial charge in [0.1, 0.15) is 12.4 Å². The van der Waals surface area contributed by atoms with Gasteiger partial charge in [-0.15, -0.1) is 0 Å². The number of hydrogen-bond donors (Lipinski definition) is 1. The first-order valence-electron chi connectivity index (χ1n) is 16.3. The minimum atomic E-state index is 0.623. The van der Waals surface area contributed by atoms with Crippen LogP contribution in [0.15, 0.2) is 12.4 Å². The molecule has 1 rings (SSSR count). The van der Waals surface area contributed by atoms with Crippen LogP contribution in [0.2, 0.25) is 0 Å². The van der Waals surface area contributed by atoms with E-state index in [1.165, 1.54) is 160 Å². The van der Waals surface area contributed by atoms with Crippen molar-refractivity contribution in [3.63, 3.8) is 0 Å². The average Bonchev–Trinajstić information content (AvgIpc) is 3.35. The van der Waals surface area contributed by atoms with E-state index in [0.29, 0.717) is 12.0 Å². The lowest BCUT2D eigenvalue weighted by molar-refractivity contribution is -0.727. The van der Waals surface area contributed by atoms with Crippen LogP contribution in [0.1, 0.15) is 200 Å². The number of aromatic nitrogens is 2. The molecule has 0 aliphatic heterocycles. The SMILES string of the molecule is CCCCCCCCCCCCCCC(CCCCCC)c1[nH]cc[n+]1C(C)CCCCCCC. The predicted molar refractivity (Wildman–Crippen MR) is 156 cm³/mol. The monoisotopic (exact) mass is 490 g/mol. The third kappa shape index (κ3) is 16.6. The summed E-state index contributed by atoms with van der Waals surface area (Å²) in [4.78, 5) is 3.69. The second kappa shape index (κ2) is 23.6. The molecule has 1 N–H and O–H groups in total. The first-order chi connectivity index (χ1) is 17.2. The second-order valence-electron chi connectivity index (χ2n) is 11.5. The molecule has 2 heteroatoms. The standard InChI is InChI=1S/C33H64N2/c1-5-8-11-14-15-16-17-18-19-20-22-25-28-32(27-24-13-10-7-3)33-34-29-30-35(33)31(4)26-23-21-12-9-6-2/h29-32H,5-28H2,1-4H3/p+1. The Kier molecular flexibility index (Phi) is 21.7.